The summed E-state index contributed by atoms with van der Waals surface area (Å²) in [5, 5.41) is 7.11. The summed E-state index contributed by atoms with van der Waals surface area (Å²) in [6, 6.07) is 7.96. The Bertz CT molecular complexity index is 559. The van der Waals surface area contributed by atoms with E-state index in [1.165, 1.54) is 0 Å². The van der Waals surface area contributed by atoms with Crippen LogP contribution in [0.25, 0.3) is 0 Å². The van der Waals surface area contributed by atoms with Crippen LogP contribution in [0.2, 0.25) is 0 Å². The van der Waals surface area contributed by atoms with Gasteiger partial charge in [0.1, 0.15) is 5.75 Å². The first-order valence-corrected chi connectivity index (χ1v) is 7.29. The summed E-state index contributed by atoms with van der Waals surface area (Å²) in [6.07, 6.45) is 0.444. The number of ether oxygens (including phenoxy) is 1. The molecule has 0 bridgehead atoms. The minimum Gasteiger partial charge on any atom is -0.481 e. The Kier molecular flexibility index (Phi) is 5.14. The highest BCUT2D eigenvalue weighted by Gasteiger charge is 2.17. The van der Waals surface area contributed by atoms with Crippen LogP contribution in [0, 0.1) is 0 Å². The smallest absolute Gasteiger partial charge is 0.267 e. The van der Waals surface area contributed by atoms with E-state index in [0.29, 0.717) is 17.8 Å². The standard InChI is InChI=1S/C14H18BrN3O2/c1-9(16-3)7-13-17-14(20-18-13)10(2)19-12-6-4-5-11(15)8-12/h4-6,8-10,16H,7H2,1-3H3. The molecule has 1 N–H and O–H groups in total. The second kappa shape index (κ2) is 6.85. The number of aromatic nitrogens is 2. The largest absolute Gasteiger partial charge is 0.481 e. The van der Waals surface area contributed by atoms with E-state index < -0.39 is 0 Å². The molecule has 0 spiro atoms. The van der Waals surface area contributed by atoms with E-state index in [4.69, 9.17) is 9.26 Å². The van der Waals surface area contributed by atoms with Crippen LogP contribution in [-0.2, 0) is 6.42 Å². The number of nitrogens with zero attached hydrogens (tertiary/aromatic N) is 2. The molecule has 108 valence electrons. The van der Waals surface area contributed by atoms with Gasteiger partial charge in [-0.1, -0.05) is 27.2 Å². The van der Waals surface area contributed by atoms with Crippen molar-refractivity contribution in [1.29, 1.82) is 0 Å². The van der Waals surface area contributed by atoms with Gasteiger partial charge in [0.15, 0.2) is 11.9 Å². The van der Waals surface area contributed by atoms with Crippen LogP contribution in [0.3, 0.4) is 0 Å². The molecule has 1 aromatic carbocycles. The van der Waals surface area contributed by atoms with E-state index >= 15 is 0 Å². The van der Waals surface area contributed by atoms with Gasteiger partial charge in [0.05, 0.1) is 0 Å². The zero-order valence-electron chi connectivity index (χ0n) is 11.8. The lowest BCUT2D eigenvalue weighted by Crippen LogP contribution is -2.24. The summed E-state index contributed by atoms with van der Waals surface area (Å²) >= 11 is 3.41. The number of halogens is 1. The lowest BCUT2D eigenvalue weighted by Gasteiger charge is -2.10. The van der Waals surface area contributed by atoms with Crippen molar-refractivity contribution in [1.82, 2.24) is 15.5 Å². The molecule has 2 atom stereocenters. The van der Waals surface area contributed by atoms with Gasteiger partial charge in [0, 0.05) is 16.9 Å². The van der Waals surface area contributed by atoms with Crippen LogP contribution < -0.4 is 10.1 Å². The van der Waals surface area contributed by atoms with Gasteiger partial charge in [-0.2, -0.15) is 4.98 Å². The Labute approximate surface area is 126 Å². The second-order valence-corrected chi connectivity index (χ2v) is 5.58. The summed E-state index contributed by atoms with van der Waals surface area (Å²) in [5.41, 5.74) is 0. The Hall–Kier alpha value is -1.40. The lowest BCUT2D eigenvalue weighted by atomic mass is 10.2. The highest BCUT2D eigenvalue weighted by Crippen LogP contribution is 2.23. The maximum absolute atomic E-state index is 5.78. The van der Waals surface area contributed by atoms with Crippen molar-refractivity contribution >= 4 is 15.9 Å². The number of benzene rings is 1. The van der Waals surface area contributed by atoms with Crippen molar-refractivity contribution in [3.05, 3.63) is 40.5 Å². The van der Waals surface area contributed by atoms with Gasteiger partial charge in [-0.15, -0.1) is 0 Å². The van der Waals surface area contributed by atoms with Crippen molar-refractivity contribution < 1.29 is 9.26 Å². The van der Waals surface area contributed by atoms with Crippen LogP contribution in [-0.4, -0.2) is 23.2 Å². The number of hydrogen-bond donors (Lipinski definition) is 1. The average molecular weight is 340 g/mol. The van der Waals surface area contributed by atoms with Crippen LogP contribution in [0.1, 0.15) is 31.7 Å². The van der Waals surface area contributed by atoms with Gasteiger partial charge >= 0.3 is 0 Å². The minimum absolute atomic E-state index is 0.282. The third-order valence-electron chi connectivity index (χ3n) is 2.92. The topological polar surface area (TPSA) is 60.2 Å². The first kappa shape index (κ1) is 15.0. The van der Waals surface area contributed by atoms with Crippen molar-refractivity contribution in [2.45, 2.75) is 32.4 Å². The van der Waals surface area contributed by atoms with Gasteiger partial charge in [-0.3, -0.25) is 0 Å². The molecule has 2 unspecified atom stereocenters. The number of hydrogen-bond acceptors (Lipinski definition) is 5. The summed E-state index contributed by atoms with van der Waals surface area (Å²) in [4.78, 5) is 4.36. The Balaban J connectivity index is 2.00. The predicted octanol–water partition coefficient (Wildman–Crippen LogP) is 3.12. The summed E-state index contributed by atoms with van der Waals surface area (Å²) in [6.45, 7) is 3.96. The Morgan fingerprint density at radius 1 is 1.40 bits per heavy atom. The van der Waals surface area contributed by atoms with Crippen LogP contribution in [0.5, 0.6) is 5.75 Å². The molecule has 0 radical (unpaired) electrons. The second-order valence-electron chi connectivity index (χ2n) is 4.66. The molecule has 1 heterocycles. The molecule has 0 aliphatic rings. The zero-order valence-corrected chi connectivity index (χ0v) is 13.3. The molecule has 0 aliphatic carbocycles. The molecule has 2 rings (SSSR count). The molecule has 1 aromatic heterocycles. The van der Waals surface area contributed by atoms with Gasteiger partial charge in [0.2, 0.25) is 0 Å². The summed E-state index contributed by atoms with van der Waals surface area (Å²) in [7, 11) is 1.91. The molecule has 5 nitrogen and oxygen atoms in total. The first-order valence-electron chi connectivity index (χ1n) is 6.50. The molecular weight excluding hydrogens is 322 g/mol. The Morgan fingerprint density at radius 3 is 2.90 bits per heavy atom. The van der Waals surface area contributed by atoms with Gasteiger partial charge in [-0.05, 0) is 39.1 Å². The van der Waals surface area contributed by atoms with Gasteiger partial charge < -0.3 is 14.6 Å². The monoisotopic (exact) mass is 339 g/mol. The van der Waals surface area contributed by atoms with Crippen LogP contribution >= 0.6 is 15.9 Å². The molecule has 0 amide bonds. The fraction of sp³-hybridized carbons (Fsp3) is 0.429. The Morgan fingerprint density at radius 2 is 2.20 bits per heavy atom. The van der Waals surface area contributed by atoms with Crippen molar-refractivity contribution in [2.24, 2.45) is 0 Å². The zero-order chi connectivity index (χ0) is 14.5. The number of rotatable bonds is 6. The third kappa shape index (κ3) is 4.05. The normalized spacial score (nSPS) is 14.0. The molecule has 2 aromatic rings. The first-order chi connectivity index (χ1) is 9.58. The van der Waals surface area contributed by atoms with Gasteiger partial charge in [0.25, 0.3) is 5.89 Å². The molecule has 0 aliphatic heterocycles. The molecule has 20 heavy (non-hydrogen) atoms. The minimum atomic E-state index is -0.282. The molecule has 6 heteroatoms. The van der Waals surface area contributed by atoms with Crippen molar-refractivity contribution in [3.8, 4) is 5.75 Å². The lowest BCUT2D eigenvalue weighted by molar-refractivity contribution is 0.175. The number of likely N-dealkylation sites (N-methyl/N-ethyl adjacent to an activating group) is 1. The highest BCUT2D eigenvalue weighted by molar-refractivity contribution is 9.10. The van der Waals surface area contributed by atoms with E-state index in [1.54, 1.807) is 0 Å². The van der Waals surface area contributed by atoms with Crippen LogP contribution in [0.15, 0.2) is 33.3 Å². The van der Waals surface area contributed by atoms with Crippen molar-refractivity contribution in [2.75, 3.05) is 7.05 Å². The fourth-order valence-corrected chi connectivity index (χ4v) is 2.06. The average Bonchev–Trinajstić information content (AvgIpc) is 2.87. The molecule has 0 saturated carbocycles. The van der Waals surface area contributed by atoms with Gasteiger partial charge in [-0.25, -0.2) is 0 Å². The van der Waals surface area contributed by atoms with E-state index in [-0.39, 0.29) is 6.10 Å². The predicted molar refractivity (Wildman–Crippen MR) is 79.7 cm³/mol. The van der Waals surface area contributed by atoms with E-state index in [0.717, 1.165) is 16.6 Å². The maximum atomic E-state index is 5.78. The quantitative estimate of drug-likeness (QED) is 0.876. The third-order valence-corrected chi connectivity index (χ3v) is 3.42. The van der Waals surface area contributed by atoms with E-state index in [2.05, 4.69) is 38.3 Å². The molecular formula is C14H18BrN3O2. The van der Waals surface area contributed by atoms with Crippen molar-refractivity contribution in [3.63, 3.8) is 0 Å². The SMILES string of the molecule is CNC(C)Cc1noc(C(C)Oc2cccc(Br)c2)n1. The highest BCUT2D eigenvalue weighted by atomic mass is 79.9. The fourth-order valence-electron chi connectivity index (χ4n) is 1.69. The number of nitrogens with one attached hydrogen (secondary N) is 1. The van der Waals surface area contributed by atoms with Crippen LogP contribution in [0.4, 0.5) is 0 Å². The maximum Gasteiger partial charge on any atom is 0.267 e. The molecule has 0 fully saturated rings. The van der Waals surface area contributed by atoms with E-state index in [9.17, 15) is 0 Å². The van der Waals surface area contributed by atoms with E-state index in [1.807, 2.05) is 38.2 Å². The summed E-state index contributed by atoms with van der Waals surface area (Å²) in [5.74, 6) is 1.94. The summed E-state index contributed by atoms with van der Waals surface area (Å²) < 4.78 is 12.0. The molecule has 0 saturated heterocycles.